The van der Waals surface area contributed by atoms with Crippen LogP contribution in [0.5, 0.6) is 0 Å². The van der Waals surface area contributed by atoms with Gasteiger partial charge in [0.1, 0.15) is 0 Å². The molecule has 0 spiro atoms. The number of Topliss-reactive ketones (excluding diaryl/α,β-unsaturated/α-hetero) is 1. The van der Waals surface area contributed by atoms with Crippen LogP contribution in [0.3, 0.4) is 0 Å². The van der Waals surface area contributed by atoms with Gasteiger partial charge in [0.2, 0.25) is 11.5 Å². The lowest BCUT2D eigenvalue weighted by molar-refractivity contribution is -0.577. The van der Waals surface area contributed by atoms with Crippen molar-refractivity contribution in [1.82, 2.24) is 0 Å². The van der Waals surface area contributed by atoms with Crippen molar-refractivity contribution >= 4 is 33.0 Å². The molecule has 1 aromatic heterocycles. The third-order valence-corrected chi connectivity index (χ3v) is 5.59. The van der Waals surface area contributed by atoms with Crippen LogP contribution in [0.15, 0.2) is 94.5 Å². The van der Waals surface area contributed by atoms with Gasteiger partial charge in [0.15, 0.2) is 18.1 Å². The molecule has 4 rings (SSSR count). The molecule has 0 saturated heterocycles. The van der Waals surface area contributed by atoms with Gasteiger partial charge in [0.05, 0.1) is 4.90 Å². The molecule has 0 amide bonds. The molecule has 0 saturated carbocycles. The fourth-order valence-corrected chi connectivity index (χ4v) is 4.00. The van der Waals surface area contributed by atoms with Gasteiger partial charge < -0.3 is 5.11 Å². The van der Waals surface area contributed by atoms with Crippen molar-refractivity contribution in [3.05, 3.63) is 96.3 Å². The Bertz CT molecular complexity index is 1230. The molecule has 0 fully saturated rings. The monoisotopic (exact) mass is 390 g/mol. The van der Waals surface area contributed by atoms with Crippen molar-refractivity contribution in [2.75, 3.05) is 0 Å². The van der Waals surface area contributed by atoms with E-state index in [0.29, 0.717) is 0 Å². The summed E-state index contributed by atoms with van der Waals surface area (Å²) in [5.74, 6) is -1.07. The molecule has 2 aromatic carbocycles. The first-order valence-corrected chi connectivity index (χ1v) is 9.85. The molecule has 1 aliphatic rings. The number of fused-ring (bicyclic) bond motifs is 1. The Morgan fingerprint density at radius 1 is 0.786 bits per heavy atom. The van der Waals surface area contributed by atoms with E-state index in [4.69, 9.17) is 0 Å². The van der Waals surface area contributed by atoms with E-state index >= 15 is 0 Å². The van der Waals surface area contributed by atoms with Crippen LogP contribution >= 0.6 is 0 Å². The van der Waals surface area contributed by atoms with Gasteiger partial charge in [0, 0.05) is 17.7 Å². The lowest BCUT2D eigenvalue weighted by Gasteiger charge is -2.23. The summed E-state index contributed by atoms with van der Waals surface area (Å²) in [5, 5.41) is 13.1. The average Bonchev–Trinajstić information content (AvgIpc) is 2.73. The third-order valence-electron chi connectivity index (χ3n) is 4.30. The van der Waals surface area contributed by atoms with Crippen LogP contribution in [-0.2, 0) is 10.0 Å². The fourth-order valence-electron chi connectivity index (χ4n) is 2.99. The lowest BCUT2D eigenvalue weighted by atomic mass is 9.91. The van der Waals surface area contributed by atoms with Gasteiger partial charge in [-0.25, -0.2) is 0 Å². The number of ketones is 1. The Balaban J connectivity index is 2.00. The number of nitrogens with zero attached hydrogens (tertiary/aromatic N) is 2. The summed E-state index contributed by atoms with van der Waals surface area (Å²) in [4.78, 5) is 13.0. The van der Waals surface area contributed by atoms with Crippen molar-refractivity contribution in [1.29, 1.82) is 0 Å². The third kappa shape index (κ3) is 3.01. The van der Waals surface area contributed by atoms with Crippen LogP contribution in [0.1, 0.15) is 15.9 Å². The molecule has 0 atom stereocenters. The number of carbonyl (C=O) groups excluding carboxylic acids is 1. The summed E-state index contributed by atoms with van der Waals surface area (Å²) in [6.07, 6.45) is 3.14. The Kier molecular flexibility index (Phi) is 4.37. The predicted octanol–water partition coefficient (Wildman–Crippen LogP) is 1.69. The number of hydrogen-bond donors (Lipinski definition) is 0. The quantitative estimate of drug-likeness (QED) is 0.637. The number of hydrogen-bond acceptors (Lipinski definition) is 4. The second-order valence-electron chi connectivity index (χ2n) is 6.06. The molecule has 0 N–H and O–H groups in total. The van der Waals surface area contributed by atoms with Gasteiger partial charge >= 0.3 is 0 Å². The largest absolute Gasteiger partial charge is 0.867 e. The van der Waals surface area contributed by atoms with Gasteiger partial charge in [-0.2, -0.15) is 13.0 Å². The van der Waals surface area contributed by atoms with Crippen LogP contribution in [0.2, 0.25) is 0 Å². The molecule has 3 aromatic rings. The number of aromatic nitrogens is 1. The van der Waals surface area contributed by atoms with Crippen molar-refractivity contribution in [2.24, 2.45) is 4.40 Å². The topological polar surface area (TPSA) is 90.5 Å². The molecule has 6 nitrogen and oxygen atoms in total. The molecule has 0 bridgehead atoms. The standard InChI is InChI=1S/C21H14N2O4S/c24-20-16-11-5-6-12-17(16)21(25)19(23-13-7-2-8-14-23)18(20)22-28(26,27)15-9-3-1-4-10-15/h1-14H. The maximum absolute atomic E-state index is 13.1. The molecule has 0 unspecified atom stereocenters. The summed E-state index contributed by atoms with van der Waals surface area (Å²) in [6, 6.07) is 19.0. The Hall–Kier alpha value is -3.58. The van der Waals surface area contributed by atoms with E-state index in [1.807, 2.05) is 0 Å². The minimum absolute atomic E-state index is 0.0565. The average molecular weight is 390 g/mol. The van der Waals surface area contributed by atoms with Gasteiger partial charge in [0.25, 0.3) is 10.0 Å². The lowest BCUT2D eigenvalue weighted by Crippen LogP contribution is -2.43. The number of benzene rings is 2. The second-order valence-corrected chi connectivity index (χ2v) is 7.67. The second kappa shape index (κ2) is 6.86. The van der Waals surface area contributed by atoms with Crippen LogP contribution in [0.25, 0.3) is 11.5 Å². The number of carbonyl (C=O) groups is 1. The summed E-state index contributed by atoms with van der Waals surface area (Å²) in [6.45, 7) is 0. The highest BCUT2D eigenvalue weighted by atomic mass is 32.2. The summed E-state index contributed by atoms with van der Waals surface area (Å²) < 4.78 is 30.7. The molecule has 138 valence electrons. The number of allylic oxidation sites excluding steroid dienone is 1. The van der Waals surface area contributed by atoms with Crippen molar-refractivity contribution in [3.63, 3.8) is 0 Å². The Morgan fingerprint density at radius 3 is 2.04 bits per heavy atom. The molecule has 1 aliphatic carbocycles. The van der Waals surface area contributed by atoms with Gasteiger partial charge in [-0.1, -0.05) is 48.5 Å². The molecular weight excluding hydrogens is 376 g/mol. The highest BCUT2D eigenvalue weighted by molar-refractivity contribution is 7.90. The summed E-state index contributed by atoms with van der Waals surface area (Å²) >= 11 is 0. The number of sulfonamides is 1. The van der Waals surface area contributed by atoms with Gasteiger partial charge in [-0.3, -0.25) is 4.79 Å². The zero-order valence-electron chi connectivity index (χ0n) is 14.5. The number of rotatable bonds is 3. The molecule has 0 aliphatic heterocycles. The minimum Gasteiger partial charge on any atom is -0.867 e. The van der Waals surface area contributed by atoms with Crippen LogP contribution in [0.4, 0.5) is 0 Å². The molecule has 28 heavy (non-hydrogen) atoms. The van der Waals surface area contributed by atoms with Crippen molar-refractivity contribution in [3.8, 4) is 0 Å². The summed E-state index contributed by atoms with van der Waals surface area (Å²) in [7, 11) is -4.18. The SMILES string of the molecule is O=C1C(=NS(=O)(=O)c2ccccc2)C([n+]2ccccc2)=C([O-])c2ccccc21. The molecule has 1 heterocycles. The first-order chi connectivity index (χ1) is 13.5. The van der Waals surface area contributed by atoms with E-state index in [0.717, 1.165) is 0 Å². The van der Waals surface area contributed by atoms with Gasteiger partial charge in [-0.05, 0) is 23.5 Å². The maximum Gasteiger partial charge on any atom is 0.283 e. The Labute approximate surface area is 161 Å². The highest BCUT2D eigenvalue weighted by Crippen LogP contribution is 2.27. The molecular formula is C21H14N2O4S. The molecule has 7 heteroatoms. The first kappa shape index (κ1) is 17.8. The fraction of sp³-hybridized carbons (Fsp3) is 0. The van der Waals surface area contributed by atoms with Crippen LogP contribution in [0, 0.1) is 0 Å². The maximum atomic E-state index is 13.1. The summed E-state index contributed by atoms with van der Waals surface area (Å²) in [5.41, 5.74) is -0.141. The zero-order valence-corrected chi connectivity index (χ0v) is 15.3. The predicted molar refractivity (Wildman–Crippen MR) is 102 cm³/mol. The Morgan fingerprint density at radius 2 is 1.36 bits per heavy atom. The van der Waals surface area contributed by atoms with Crippen LogP contribution < -0.4 is 9.67 Å². The van der Waals surface area contributed by atoms with Gasteiger partial charge in [-0.15, -0.1) is 4.40 Å². The van der Waals surface area contributed by atoms with E-state index in [1.54, 1.807) is 67.0 Å². The number of pyridine rings is 1. The molecule has 0 radical (unpaired) electrons. The highest BCUT2D eigenvalue weighted by Gasteiger charge is 2.35. The van der Waals surface area contributed by atoms with Crippen LogP contribution in [-0.4, -0.2) is 19.9 Å². The van der Waals surface area contributed by atoms with E-state index in [9.17, 15) is 18.3 Å². The smallest absolute Gasteiger partial charge is 0.283 e. The van der Waals surface area contributed by atoms with Crippen molar-refractivity contribution in [2.45, 2.75) is 4.90 Å². The van der Waals surface area contributed by atoms with E-state index < -0.39 is 27.3 Å². The zero-order chi connectivity index (χ0) is 19.7. The normalized spacial score (nSPS) is 15.6. The van der Waals surface area contributed by atoms with Crippen molar-refractivity contribution < 1.29 is 22.9 Å². The minimum atomic E-state index is -4.18. The van der Waals surface area contributed by atoms with E-state index in [1.165, 1.54) is 22.8 Å². The van der Waals surface area contributed by atoms with E-state index in [2.05, 4.69) is 4.40 Å². The van der Waals surface area contributed by atoms with E-state index in [-0.39, 0.29) is 21.7 Å². The first-order valence-electron chi connectivity index (χ1n) is 8.41.